The largest absolute Gasteiger partial charge is 0.384 e. The van der Waals surface area contributed by atoms with Crippen molar-refractivity contribution in [1.29, 1.82) is 0 Å². The van der Waals surface area contributed by atoms with Gasteiger partial charge < -0.3 is 15.4 Å². The summed E-state index contributed by atoms with van der Waals surface area (Å²) < 4.78 is 5.59. The summed E-state index contributed by atoms with van der Waals surface area (Å²) in [6, 6.07) is 1.51. The van der Waals surface area contributed by atoms with Crippen molar-refractivity contribution in [1.82, 2.24) is 9.88 Å². The van der Waals surface area contributed by atoms with Gasteiger partial charge in [0.25, 0.3) is 5.91 Å². The lowest BCUT2D eigenvalue weighted by Gasteiger charge is -2.35. The molecule has 0 bridgehead atoms. The SMILES string of the molecule is C[C@@H]1CN(C(=O)c2cc(N)ncc2Cl)C[C@H](C)O1. The second-order valence-electron chi connectivity index (χ2n) is 4.56. The van der Waals surface area contributed by atoms with Crippen molar-refractivity contribution in [3.05, 3.63) is 22.8 Å². The van der Waals surface area contributed by atoms with E-state index >= 15 is 0 Å². The summed E-state index contributed by atoms with van der Waals surface area (Å²) in [4.78, 5) is 17.9. The van der Waals surface area contributed by atoms with E-state index < -0.39 is 0 Å². The fourth-order valence-electron chi connectivity index (χ4n) is 2.13. The van der Waals surface area contributed by atoms with Crippen molar-refractivity contribution < 1.29 is 9.53 Å². The molecule has 1 saturated heterocycles. The Morgan fingerprint density at radius 3 is 2.72 bits per heavy atom. The number of pyridine rings is 1. The van der Waals surface area contributed by atoms with Crippen LogP contribution in [0.4, 0.5) is 5.82 Å². The van der Waals surface area contributed by atoms with Gasteiger partial charge >= 0.3 is 0 Å². The topological polar surface area (TPSA) is 68.5 Å². The molecule has 1 aromatic heterocycles. The minimum atomic E-state index is -0.129. The lowest BCUT2D eigenvalue weighted by molar-refractivity contribution is -0.0586. The van der Waals surface area contributed by atoms with Gasteiger partial charge in [0.2, 0.25) is 0 Å². The summed E-state index contributed by atoms with van der Waals surface area (Å²) in [5.41, 5.74) is 5.98. The van der Waals surface area contributed by atoms with Crippen LogP contribution in [0.2, 0.25) is 5.02 Å². The molecule has 0 radical (unpaired) electrons. The van der Waals surface area contributed by atoms with Crippen molar-refractivity contribution in [2.24, 2.45) is 0 Å². The van der Waals surface area contributed by atoms with Gasteiger partial charge in [-0.2, -0.15) is 0 Å². The Hall–Kier alpha value is -1.33. The summed E-state index contributed by atoms with van der Waals surface area (Å²) in [6.45, 7) is 5.00. The number of anilines is 1. The minimum Gasteiger partial charge on any atom is -0.384 e. The van der Waals surface area contributed by atoms with E-state index in [0.29, 0.717) is 23.7 Å². The Morgan fingerprint density at radius 2 is 2.11 bits per heavy atom. The van der Waals surface area contributed by atoms with E-state index in [1.807, 2.05) is 13.8 Å². The number of carbonyl (C=O) groups is 1. The molecule has 6 heteroatoms. The quantitative estimate of drug-likeness (QED) is 0.840. The third-order valence-corrected chi connectivity index (χ3v) is 3.11. The van der Waals surface area contributed by atoms with Crippen LogP contribution in [0.5, 0.6) is 0 Å². The monoisotopic (exact) mass is 269 g/mol. The molecular formula is C12H16ClN3O2. The van der Waals surface area contributed by atoms with Crippen LogP contribution in [0.3, 0.4) is 0 Å². The van der Waals surface area contributed by atoms with Gasteiger partial charge in [0.1, 0.15) is 5.82 Å². The summed E-state index contributed by atoms with van der Waals surface area (Å²) in [6.07, 6.45) is 1.45. The standard InChI is InChI=1S/C12H16ClN3O2/c1-7-5-16(6-8(2)18-7)12(17)9-3-11(14)15-4-10(9)13/h3-4,7-8H,5-6H2,1-2H3,(H2,14,15)/t7-,8+. The molecule has 0 unspecified atom stereocenters. The van der Waals surface area contributed by atoms with Crippen LogP contribution in [0.15, 0.2) is 12.3 Å². The molecule has 1 aromatic rings. The van der Waals surface area contributed by atoms with Gasteiger partial charge in [-0.3, -0.25) is 4.79 Å². The van der Waals surface area contributed by atoms with Crippen molar-refractivity contribution in [3.8, 4) is 0 Å². The van der Waals surface area contributed by atoms with Gasteiger partial charge in [-0.25, -0.2) is 4.98 Å². The van der Waals surface area contributed by atoms with Crippen molar-refractivity contribution in [2.45, 2.75) is 26.1 Å². The van der Waals surface area contributed by atoms with E-state index in [4.69, 9.17) is 22.1 Å². The molecule has 1 fully saturated rings. The van der Waals surface area contributed by atoms with E-state index in [9.17, 15) is 4.79 Å². The van der Waals surface area contributed by atoms with Crippen LogP contribution in [-0.2, 0) is 4.74 Å². The highest BCUT2D eigenvalue weighted by Gasteiger charge is 2.27. The molecule has 0 spiro atoms. The zero-order valence-electron chi connectivity index (χ0n) is 10.4. The Labute approximate surface area is 111 Å². The zero-order valence-corrected chi connectivity index (χ0v) is 11.1. The first-order valence-corrected chi connectivity index (χ1v) is 6.21. The molecule has 0 aromatic carbocycles. The number of nitrogens with zero attached hydrogens (tertiary/aromatic N) is 2. The Bertz CT molecular complexity index is 457. The zero-order chi connectivity index (χ0) is 13.3. The molecule has 2 N–H and O–H groups in total. The van der Waals surface area contributed by atoms with Crippen molar-refractivity contribution in [3.63, 3.8) is 0 Å². The summed E-state index contributed by atoms with van der Waals surface area (Å²) in [5.74, 6) is 0.160. The molecule has 2 rings (SSSR count). The third-order valence-electron chi connectivity index (χ3n) is 2.81. The Morgan fingerprint density at radius 1 is 1.50 bits per heavy atom. The molecule has 18 heavy (non-hydrogen) atoms. The van der Waals surface area contributed by atoms with Gasteiger partial charge in [0.15, 0.2) is 0 Å². The molecule has 0 saturated carbocycles. The maximum absolute atomic E-state index is 12.4. The first-order valence-electron chi connectivity index (χ1n) is 5.83. The average molecular weight is 270 g/mol. The first-order chi connectivity index (χ1) is 8.47. The van der Waals surface area contributed by atoms with Gasteiger partial charge in [-0.05, 0) is 19.9 Å². The summed E-state index contributed by atoms with van der Waals surface area (Å²) >= 11 is 5.99. The molecule has 1 aliphatic heterocycles. The minimum absolute atomic E-state index is 0.0238. The van der Waals surface area contributed by atoms with Crippen LogP contribution >= 0.6 is 11.6 Å². The number of carbonyl (C=O) groups excluding carboxylic acids is 1. The fourth-order valence-corrected chi connectivity index (χ4v) is 2.32. The number of halogens is 1. The maximum atomic E-state index is 12.4. The molecule has 2 heterocycles. The van der Waals surface area contributed by atoms with E-state index in [2.05, 4.69) is 4.98 Å². The van der Waals surface area contributed by atoms with Gasteiger partial charge in [0, 0.05) is 19.3 Å². The number of amides is 1. The highest BCUT2D eigenvalue weighted by Crippen LogP contribution is 2.21. The van der Waals surface area contributed by atoms with Crippen LogP contribution in [0.25, 0.3) is 0 Å². The number of ether oxygens (including phenoxy) is 1. The van der Waals surface area contributed by atoms with Crippen LogP contribution in [0.1, 0.15) is 24.2 Å². The molecule has 1 amide bonds. The molecular weight excluding hydrogens is 254 g/mol. The first kappa shape index (κ1) is 13.1. The highest BCUT2D eigenvalue weighted by atomic mass is 35.5. The van der Waals surface area contributed by atoms with Crippen molar-refractivity contribution >= 4 is 23.3 Å². The van der Waals surface area contributed by atoms with Crippen molar-refractivity contribution in [2.75, 3.05) is 18.8 Å². The number of hydrogen-bond acceptors (Lipinski definition) is 4. The van der Waals surface area contributed by atoms with E-state index in [0.717, 1.165) is 0 Å². The molecule has 0 aliphatic carbocycles. The Balaban J connectivity index is 2.22. The number of morpholine rings is 1. The molecule has 2 atom stereocenters. The lowest BCUT2D eigenvalue weighted by Crippen LogP contribution is -2.48. The highest BCUT2D eigenvalue weighted by molar-refractivity contribution is 6.33. The maximum Gasteiger partial charge on any atom is 0.255 e. The van der Waals surface area contributed by atoms with Crippen LogP contribution < -0.4 is 5.73 Å². The molecule has 1 aliphatic rings. The van der Waals surface area contributed by atoms with E-state index in [1.54, 1.807) is 4.90 Å². The van der Waals surface area contributed by atoms with Gasteiger partial charge in [0.05, 0.1) is 22.8 Å². The predicted octanol–water partition coefficient (Wildman–Crippen LogP) is 1.57. The average Bonchev–Trinajstić information content (AvgIpc) is 2.30. The second-order valence-corrected chi connectivity index (χ2v) is 4.96. The van der Waals surface area contributed by atoms with E-state index in [-0.39, 0.29) is 23.9 Å². The Kier molecular flexibility index (Phi) is 3.73. The fraction of sp³-hybridized carbons (Fsp3) is 0.500. The van der Waals surface area contributed by atoms with E-state index in [1.165, 1.54) is 12.3 Å². The van der Waals surface area contributed by atoms with Crippen LogP contribution in [0, 0.1) is 0 Å². The predicted molar refractivity (Wildman–Crippen MR) is 69.6 cm³/mol. The number of nitrogens with two attached hydrogens (primary N) is 1. The van der Waals surface area contributed by atoms with Crippen LogP contribution in [-0.4, -0.2) is 41.1 Å². The number of aromatic nitrogens is 1. The van der Waals surface area contributed by atoms with Gasteiger partial charge in [-0.15, -0.1) is 0 Å². The van der Waals surface area contributed by atoms with Gasteiger partial charge in [-0.1, -0.05) is 11.6 Å². The number of nitrogen functional groups attached to an aromatic ring is 1. The normalized spacial score (nSPS) is 24.1. The summed E-state index contributed by atoms with van der Waals surface area (Å²) in [7, 11) is 0. The molecule has 5 nitrogen and oxygen atoms in total. The number of hydrogen-bond donors (Lipinski definition) is 1. The second kappa shape index (κ2) is 5.12. The third kappa shape index (κ3) is 2.73. The summed E-state index contributed by atoms with van der Waals surface area (Å²) in [5, 5.41) is 0.320. The molecule has 98 valence electrons. The smallest absolute Gasteiger partial charge is 0.255 e. The lowest BCUT2D eigenvalue weighted by atomic mass is 10.1. The number of rotatable bonds is 1.